The quantitative estimate of drug-likeness (QED) is 0.812. The van der Waals surface area contributed by atoms with E-state index < -0.39 is 0 Å². The summed E-state index contributed by atoms with van der Waals surface area (Å²) in [6.45, 7) is 0.591. The van der Waals surface area contributed by atoms with Crippen LogP contribution in [0.5, 0.6) is 0 Å². The zero-order valence-electron chi connectivity index (χ0n) is 8.68. The predicted molar refractivity (Wildman–Crippen MR) is 61.2 cm³/mol. The number of hydrogen-bond acceptors (Lipinski definition) is 3. The molecule has 0 aromatic heterocycles. The Morgan fingerprint density at radius 2 is 2.07 bits per heavy atom. The molecule has 15 heavy (non-hydrogen) atoms. The Hall–Kier alpha value is -1.74. The Kier molecular flexibility index (Phi) is 3.05. The monoisotopic (exact) mass is 202 g/mol. The van der Waals surface area contributed by atoms with E-state index in [-0.39, 0.29) is 0 Å². The number of anilines is 1. The summed E-state index contributed by atoms with van der Waals surface area (Å²) in [5.41, 5.74) is 2.19. The lowest BCUT2D eigenvalue weighted by Gasteiger charge is -2.22. The molecule has 1 N–H and O–H groups in total. The van der Waals surface area contributed by atoms with Gasteiger partial charge in [0.1, 0.15) is 0 Å². The number of nitrogens with zero attached hydrogens (tertiary/aromatic N) is 1. The van der Waals surface area contributed by atoms with Gasteiger partial charge in [-0.2, -0.15) is 0 Å². The lowest BCUT2D eigenvalue weighted by Crippen LogP contribution is -2.22. The highest BCUT2D eigenvalue weighted by Crippen LogP contribution is 2.16. The van der Waals surface area contributed by atoms with Gasteiger partial charge in [0.05, 0.1) is 12.3 Å². The molecule has 78 valence electrons. The maximum Gasteiger partial charge on any atom is 0.0876 e. The molecule has 1 aromatic carbocycles. The van der Waals surface area contributed by atoms with E-state index in [9.17, 15) is 0 Å². The predicted octanol–water partition coefficient (Wildman–Crippen LogP) is 2.06. The van der Waals surface area contributed by atoms with Crippen LogP contribution in [0.15, 0.2) is 54.6 Å². The van der Waals surface area contributed by atoms with Crippen LogP contribution in [0.4, 0.5) is 5.69 Å². The van der Waals surface area contributed by atoms with E-state index >= 15 is 0 Å². The third-order valence-corrected chi connectivity index (χ3v) is 2.15. The Morgan fingerprint density at radius 1 is 1.27 bits per heavy atom. The topological polar surface area (TPSA) is 24.5 Å². The average Bonchev–Trinajstić information content (AvgIpc) is 2.31. The summed E-state index contributed by atoms with van der Waals surface area (Å²) in [6, 6.07) is 10.2. The normalized spacial score (nSPS) is 14.7. The zero-order valence-corrected chi connectivity index (χ0v) is 8.68. The summed E-state index contributed by atoms with van der Waals surface area (Å²) in [5, 5.41) is 3.13. The number of methoxy groups -OCH3 is 1. The van der Waals surface area contributed by atoms with Crippen molar-refractivity contribution in [2.24, 2.45) is 0 Å². The van der Waals surface area contributed by atoms with Crippen molar-refractivity contribution < 1.29 is 4.74 Å². The summed E-state index contributed by atoms with van der Waals surface area (Å²) >= 11 is 0. The van der Waals surface area contributed by atoms with E-state index in [0.29, 0.717) is 6.61 Å². The van der Waals surface area contributed by atoms with Gasteiger partial charge in [0.2, 0.25) is 0 Å². The molecule has 1 heterocycles. The standard InChI is InChI=1S/C12H14N2O/c1-15-10-11-9-14(8-7-13-11)12-5-3-2-4-6-12/h2-9,13H,10H2,1H3. The number of para-hydroxylation sites is 1. The van der Waals surface area contributed by atoms with Crippen LogP contribution in [-0.2, 0) is 4.74 Å². The Labute approximate surface area is 89.7 Å². The minimum Gasteiger partial charge on any atom is -0.378 e. The van der Waals surface area contributed by atoms with E-state index in [1.54, 1.807) is 7.11 Å². The van der Waals surface area contributed by atoms with Crippen LogP contribution in [0, 0.1) is 0 Å². The molecule has 0 saturated heterocycles. The molecule has 1 aliphatic rings. The molecule has 1 aromatic rings. The van der Waals surface area contributed by atoms with E-state index in [1.807, 2.05) is 36.8 Å². The summed E-state index contributed by atoms with van der Waals surface area (Å²) in [6.07, 6.45) is 5.91. The highest BCUT2D eigenvalue weighted by atomic mass is 16.5. The third kappa shape index (κ3) is 2.39. The number of nitrogens with one attached hydrogen (secondary N) is 1. The Balaban J connectivity index is 2.16. The van der Waals surface area contributed by atoms with Gasteiger partial charge in [0.25, 0.3) is 0 Å². The SMILES string of the molecule is COCC1=CN(c2ccccc2)C=CN1. The largest absolute Gasteiger partial charge is 0.378 e. The molecule has 0 amide bonds. The molecule has 0 fully saturated rings. The first kappa shape index (κ1) is 9.80. The molecule has 1 aliphatic heterocycles. The van der Waals surface area contributed by atoms with Gasteiger partial charge < -0.3 is 15.0 Å². The number of ether oxygens (including phenoxy) is 1. The van der Waals surface area contributed by atoms with Crippen LogP contribution in [0.25, 0.3) is 0 Å². The highest BCUT2D eigenvalue weighted by Gasteiger charge is 2.05. The van der Waals surface area contributed by atoms with Gasteiger partial charge >= 0.3 is 0 Å². The highest BCUT2D eigenvalue weighted by molar-refractivity contribution is 5.53. The van der Waals surface area contributed by atoms with Crippen molar-refractivity contribution in [1.29, 1.82) is 0 Å². The van der Waals surface area contributed by atoms with Crippen molar-refractivity contribution in [2.75, 3.05) is 18.6 Å². The second kappa shape index (κ2) is 4.66. The van der Waals surface area contributed by atoms with Gasteiger partial charge in [0.15, 0.2) is 0 Å². The molecule has 2 rings (SSSR count). The molecule has 0 atom stereocenters. The van der Waals surface area contributed by atoms with E-state index in [1.165, 1.54) is 0 Å². The first-order valence-electron chi connectivity index (χ1n) is 4.86. The molecule has 0 bridgehead atoms. The zero-order chi connectivity index (χ0) is 10.5. The van der Waals surface area contributed by atoms with E-state index in [0.717, 1.165) is 11.4 Å². The van der Waals surface area contributed by atoms with Crippen molar-refractivity contribution in [1.82, 2.24) is 5.32 Å². The van der Waals surface area contributed by atoms with Crippen molar-refractivity contribution in [3.05, 3.63) is 54.6 Å². The van der Waals surface area contributed by atoms with Gasteiger partial charge in [-0.25, -0.2) is 0 Å². The maximum atomic E-state index is 5.07. The third-order valence-electron chi connectivity index (χ3n) is 2.15. The fourth-order valence-electron chi connectivity index (χ4n) is 1.47. The molecule has 0 radical (unpaired) electrons. The van der Waals surface area contributed by atoms with Gasteiger partial charge in [0, 0.05) is 31.4 Å². The van der Waals surface area contributed by atoms with Crippen LogP contribution in [-0.4, -0.2) is 13.7 Å². The number of rotatable bonds is 3. The second-order valence-electron chi connectivity index (χ2n) is 3.29. The molecule has 0 spiro atoms. The lowest BCUT2D eigenvalue weighted by atomic mass is 10.3. The smallest absolute Gasteiger partial charge is 0.0876 e. The van der Waals surface area contributed by atoms with Crippen LogP contribution in [0.3, 0.4) is 0 Å². The van der Waals surface area contributed by atoms with Gasteiger partial charge in [-0.3, -0.25) is 0 Å². The number of benzene rings is 1. The molecule has 0 aliphatic carbocycles. The Bertz CT molecular complexity index is 370. The summed E-state index contributed by atoms with van der Waals surface area (Å²) < 4.78 is 5.07. The summed E-state index contributed by atoms with van der Waals surface area (Å²) in [5.74, 6) is 0. The van der Waals surface area contributed by atoms with Crippen LogP contribution >= 0.6 is 0 Å². The van der Waals surface area contributed by atoms with Crippen molar-refractivity contribution in [2.45, 2.75) is 0 Å². The number of hydrogen-bond donors (Lipinski definition) is 1. The van der Waals surface area contributed by atoms with E-state index in [2.05, 4.69) is 22.3 Å². The van der Waals surface area contributed by atoms with Crippen molar-refractivity contribution in [3.63, 3.8) is 0 Å². The van der Waals surface area contributed by atoms with Crippen LogP contribution in [0.1, 0.15) is 0 Å². The minimum atomic E-state index is 0.591. The fraction of sp³-hybridized carbons (Fsp3) is 0.167. The minimum absolute atomic E-state index is 0.591. The van der Waals surface area contributed by atoms with Crippen LogP contribution < -0.4 is 10.2 Å². The first-order valence-corrected chi connectivity index (χ1v) is 4.86. The molecule has 3 nitrogen and oxygen atoms in total. The Morgan fingerprint density at radius 3 is 2.80 bits per heavy atom. The first-order chi connectivity index (χ1) is 7.40. The van der Waals surface area contributed by atoms with Crippen LogP contribution in [0.2, 0.25) is 0 Å². The van der Waals surface area contributed by atoms with Crippen molar-refractivity contribution >= 4 is 5.69 Å². The van der Waals surface area contributed by atoms with Gasteiger partial charge in [-0.15, -0.1) is 0 Å². The van der Waals surface area contributed by atoms with E-state index in [4.69, 9.17) is 4.74 Å². The van der Waals surface area contributed by atoms with Gasteiger partial charge in [-0.1, -0.05) is 18.2 Å². The second-order valence-corrected chi connectivity index (χ2v) is 3.29. The summed E-state index contributed by atoms with van der Waals surface area (Å²) in [4.78, 5) is 2.06. The lowest BCUT2D eigenvalue weighted by molar-refractivity contribution is 0.221. The maximum absolute atomic E-state index is 5.07. The van der Waals surface area contributed by atoms with Crippen molar-refractivity contribution in [3.8, 4) is 0 Å². The average molecular weight is 202 g/mol. The molecule has 0 saturated carbocycles. The molecular weight excluding hydrogens is 188 g/mol. The fourth-order valence-corrected chi connectivity index (χ4v) is 1.47. The molecule has 3 heteroatoms. The summed E-state index contributed by atoms with van der Waals surface area (Å²) in [7, 11) is 1.69. The molecular formula is C12H14N2O. The van der Waals surface area contributed by atoms with Gasteiger partial charge in [-0.05, 0) is 12.1 Å². The molecule has 0 unspecified atom stereocenters.